The molecule has 0 aliphatic carbocycles. The van der Waals surface area contributed by atoms with Gasteiger partial charge in [-0.1, -0.05) is 0 Å². The molecule has 0 heterocycles. The molecule has 0 bridgehead atoms. The van der Waals surface area contributed by atoms with Gasteiger partial charge in [0.15, 0.2) is 0 Å². The molecule has 0 aliphatic heterocycles. The molecule has 0 fully saturated rings. The van der Waals surface area contributed by atoms with E-state index in [2.05, 4.69) is 0 Å². The van der Waals surface area contributed by atoms with Crippen LogP contribution in [0.4, 0.5) is 0 Å². The first-order chi connectivity index (χ1) is 0. The summed E-state index contributed by atoms with van der Waals surface area (Å²) in [5.74, 6) is 0. The van der Waals surface area contributed by atoms with E-state index in [1.165, 1.54) is 0 Å². The van der Waals surface area contributed by atoms with Crippen LogP contribution in [0.15, 0.2) is 0 Å². The van der Waals surface area contributed by atoms with E-state index in [9.17, 15) is 0 Å². The number of hydrogen-bond acceptors (Lipinski definition) is 0. The van der Waals surface area contributed by atoms with E-state index in [1.54, 1.807) is 0 Å². The Labute approximate surface area is 106 Å². The predicted molar refractivity (Wildman–Crippen MR) is 0 cm³/mol. The first kappa shape index (κ1) is 89.5. The Hall–Kier alpha value is 3.02. The molecule has 0 nitrogen and oxygen atoms in total. The summed E-state index contributed by atoms with van der Waals surface area (Å²) in [7, 11) is 0. The van der Waals surface area contributed by atoms with Gasteiger partial charge >= 0.3 is 58.1 Å². The minimum Gasteiger partial charge on any atom is -1.00 e. The van der Waals surface area contributed by atoms with Crippen LogP contribution in [0.3, 0.4) is 0 Å². The Morgan fingerprint density at radius 3 is 0.429 bits per heavy atom. The maximum absolute atomic E-state index is 0. The van der Waals surface area contributed by atoms with Crippen molar-refractivity contribution in [1.82, 2.24) is 0 Å². The molecule has 0 aromatic carbocycles. The number of hydrogen-bond donors (Lipinski definition) is 0. The fourth-order valence-corrected chi connectivity index (χ4v) is 0. The summed E-state index contributed by atoms with van der Waals surface area (Å²) in [6, 6.07) is 0. The second kappa shape index (κ2) is 63.7. The molecule has 7 heteroatoms. The van der Waals surface area contributed by atoms with Gasteiger partial charge in [-0.25, -0.2) is 0 Å². The van der Waals surface area contributed by atoms with Crippen molar-refractivity contribution in [2.75, 3.05) is 0 Å². The summed E-state index contributed by atoms with van der Waals surface area (Å²) in [6.45, 7) is 0. The maximum atomic E-state index is 0. The van der Waals surface area contributed by atoms with Crippen LogP contribution < -0.4 is 87.3 Å². The molecule has 40 valence electrons. The summed E-state index contributed by atoms with van der Waals surface area (Å²) in [6.07, 6.45) is 0. The topological polar surface area (TPSA) is 0 Å². The van der Waals surface area contributed by atoms with Gasteiger partial charge in [-0.2, -0.15) is 0 Å². The molecular weight excluding hydrogens is 262 g/mol. The van der Waals surface area contributed by atoms with Crippen LogP contribution in [-0.4, -0.2) is 0 Å². The van der Waals surface area contributed by atoms with E-state index in [-0.39, 0.29) is 108 Å². The monoisotopic (exact) mass is 260 g/mol. The third-order valence-electron chi connectivity index (χ3n) is 0. The van der Waals surface area contributed by atoms with E-state index >= 15 is 0 Å². The molecule has 0 aromatic heterocycles. The van der Waals surface area contributed by atoms with Gasteiger partial charge in [0.05, 0.1) is 0 Å². The van der Waals surface area contributed by atoms with Crippen molar-refractivity contribution in [3.05, 3.63) is 0 Å². The zero-order chi connectivity index (χ0) is 0. The van der Waals surface area contributed by atoms with Crippen LogP contribution in [0.25, 0.3) is 0 Å². The normalized spacial score (nSPS) is 0. The Morgan fingerprint density at radius 1 is 0.429 bits per heavy atom. The van der Waals surface area contributed by atoms with Crippen molar-refractivity contribution in [1.29, 1.82) is 0 Å². The fraction of sp³-hybridized carbons (Fsp3) is 0. The summed E-state index contributed by atoms with van der Waals surface area (Å²) in [5, 5.41) is 0. The van der Waals surface area contributed by atoms with Crippen molar-refractivity contribution in [3.8, 4) is 0 Å². The molecule has 0 atom stereocenters. The van der Waals surface area contributed by atoms with Gasteiger partial charge < -0.3 is 49.6 Å². The Balaban J connectivity index is 0. The average Bonchev–Trinajstić information content (AvgIpc) is 0. The predicted octanol–water partition coefficient (Wildman–Crippen LogP) is -18.0. The summed E-state index contributed by atoms with van der Waals surface area (Å²) >= 11 is 0. The van der Waals surface area contributed by atoms with Crippen LogP contribution in [0, 0.1) is 0 Å². The first-order valence-corrected chi connectivity index (χ1v) is 0. The van der Waals surface area contributed by atoms with Crippen molar-refractivity contribution < 1.29 is 108 Å². The van der Waals surface area contributed by atoms with Gasteiger partial charge in [-0.15, -0.1) is 0 Å². The number of halogens is 4. The third-order valence-corrected chi connectivity index (χ3v) is 0. The van der Waals surface area contributed by atoms with E-state index < -0.39 is 0 Å². The van der Waals surface area contributed by atoms with Crippen LogP contribution in [0.1, 0.15) is 0 Å². The van der Waals surface area contributed by atoms with Gasteiger partial charge in [0, 0.05) is 0 Å². The van der Waals surface area contributed by atoms with Crippen molar-refractivity contribution >= 4 is 0 Å². The zero-order valence-corrected chi connectivity index (χ0v) is 8.41. The van der Waals surface area contributed by atoms with E-state index in [0.29, 0.717) is 0 Å². The molecular formula is Cl4Li2Pd. The van der Waals surface area contributed by atoms with E-state index in [1.807, 2.05) is 0 Å². The smallest absolute Gasteiger partial charge is 1.00 e. The van der Waals surface area contributed by atoms with Crippen molar-refractivity contribution in [2.24, 2.45) is 0 Å². The Kier molecular flexibility index (Phi) is 814. The standard InChI is InChI=1S/4ClH.2Li.Pd/h4*1H;;;/q;;;;2*+1;+2/p-4. The molecule has 0 saturated heterocycles. The quantitative estimate of drug-likeness (QED) is 0.380. The minimum atomic E-state index is 0. The molecule has 0 spiro atoms. The van der Waals surface area contributed by atoms with Gasteiger partial charge in [0.1, 0.15) is 0 Å². The average molecular weight is 262 g/mol. The van der Waals surface area contributed by atoms with Crippen LogP contribution >= 0.6 is 0 Å². The molecule has 0 radical (unpaired) electrons. The summed E-state index contributed by atoms with van der Waals surface area (Å²) in [4.78, 5) is 0. The van der Waals surface area contributed by atoms with Crippen LogP contribution in [-0.2, 0) is 20.4 Å². The fourth-order valence-electron chi connectivity index (χ4n) is 0. The van der Waals surface area contributed by atoms with Gasteiger partial charge in [-0.3, -0.25) is 0 Å². The molecule has 0 aromatic rings. The maximum Gasteiger partial charge on any atom is 2.00 e. The van der Waals surface area contributed by atoms with Crippen LogP contribution in [0.2, 0.25) is 0 Å². The molecule has 0 amide bonds. The van der Waals surface area contributed by atoms with Gasteiger partial charge in [0.2, 0.25) is 0 Å². The van der Waals surface area contributed by atoms with E-state index in [4.69, 9.17) is 0 Å². The molecule has 0 unspecified atom stereocenters. The number of rotatable bonds is 0. The van der Waals surface area contributed by atoms with Crippen molar-refractivity contribution in [2.45, 2.75) is 0 Å². The molecule has 7 heavy (non-hydrogen) atoms. The largest absolute Gasteiger partial charge is 2.00 e. The second-order valence-electron chi connectivity index (χ2n) is 0. The SMILES string of the molecule is [Cl-].[Cl-].[Cl-].[Cl-].[Li+].[Li+].[Pd+2]. The Morgan fingerprint density at radius 2 is 0.429 bits per heavy atom. The van der Waals surface area contributed by atoms with E-state index in [0.717, 1.165) is 0 Å². The molecule has 0 N–H and O–H groups in total. The zero-order valence-electron chi connectivity index (χ0n) is 3.83. The first-order valence-electron chi connectivity index (χ1n) is 0. The second-order valence-corrected chi connectivity index (χ2v) is 0. The van der Waals surface area contributed by atoms with Gasteiger partial charge in [-0.05, 0) is 0 Å². The third kappa shape index (κ3) is 48.8. The molecule has 0 aliphatic rings. The summed E-state index contributed by atoms with van der Waals surface area (Å²) in [5.41, 5.74) is 0. The minimum absolute atomic E-state index is 0. The molecule has 0 rings (SSSR count). The Bertz CT molecular complexity index is 9.65. The van der Waals surface area contributed by atoms with Crippen molar-refractivity contribution in [3.63, 3.8) is 0 Å². The van der Waals surface area contributed by atoms with Crippen LogP contribution in [0.5, 0.6) is 0 Å². The molecule has 0 saturated carbocycles. The summed E-state index contributed by atoms with van der Waals surface area (Å²) < 4.78 is 0. The van der Waals surface area contributed by atoms with Gasteiger partial charge in [0.25, 0.3) is 0 Å².